The first-order chi connectivity index (χ1) is 22.5. The van der Waals surface area contributed by atoms with E-state index in [1.165, 1.54) is 23.1 Å². The Hall–Kier alpha value is -5.58. The van der Waals surface area contributed by atoms with Crippen LogP contribution in [0.25, 0.3) is 28.1 Å². The zero-order valence-electron chi connectivity index (χ0n) is 24.3. The maximum Gasteiger partial charge on any atom is 0.272 e. The van der Waals surface area contributed by atoms with Crippen LogP contribution in [0.3, 0.4) is 0 Å². The Kier molecular flexibility index (Phi) is 9.58. The molecule has 0 aliphatic carbocycles. The summed E-state index contributed by atoms with van der Waals surface area (Å²) in [5.74, 6) is -0.862. The van der Waals surface area contributed by atoms with Gasteiger partial charge in [0.1, 0.15) is 5.70 Å². The number of anilines is 2. The van der Waals surface area contributed by atoms with Gasteiger partial charge in [-0.1, -0.05) is 60.7 Å². The van der Waals surface area contributed by atoms with Gasteiger partial charge in [-0.25, -0.2) is 4.98 Å². The number of pyridine rings is 1. The highest BCUT2D eigenvalue weighted by Gasteiger charge is 2.15. The van der Waals surface area contributed by atoms with Crippen molar-refractivity contribution in [3.05, 3.63) is 144 Å². The van der Waals surface area contributed by atoms with Gasteiger partial charge in [0.15, 0.2) is 5.13 Å². The summed E-state index contributed by atoms with van der Waals surface area (Å²) in [6.07, 6.45) is 4.80. The predicted octanol–water partition coefficient (Wildman–Crippen LogP) is 7.50. The maximum absolute atomic E-state index is 13.2. The third-order valence-electron chi connectivity index (χ3n) is 6.80. The average molecular weight is 642 g/mol. The Morgan fingerprint density at radius 1 is 0.804 bits per heavy atom. The largest absolute Gasteiger partial charge is 0.321 e. The Balaban J connectivity index is 1.04. The molecule has 0 aliphatic heterocycles. The van der Waals surface area contributed by atoms with Crippen molar-refractivity contribution in [3.8, 4) is 11.3 Å². The standard InChI is InChI=1S/C36H27N5O3S2/c42-33(41-36-40-32(22-46-36)28-13-12-25-8-4-5-11-27(25)20-28)23-45-30-16-14-29(15-17-30)38-35(44)31(19-24-7-6-18-37-21-24)39-34(43)26-9-2-1-3-10-26/h1-22H,23H2,(H,38,44)(H,39,43)(H,40,41,42)/b31-19-. The molecule has 10 heteroatoms. The molecule has 2 aromatic heterocycles. The summed E-state index contributed by atoms with van der Waals surface area (Å²) in [6, 6.07) is 33.7. The van der Waals surface area contributed by atoms with Gasteiger partial charge in [0, 0.05) is 39.5 Å². The number of thioether (sulfide) groups is 1. The number of fused-ring (bicyclic) bond motifs is 1. The van der Waals surface area contributed by atoms with Crippen molar-refractivity contribution in [1.29, 1.82) is 0 Å². The molecule has 0 atom stereocenters. The molecule has 8 nitrogen and oxygen atoms in total. The number of carbonyl (C=O) groups excluding carboxylic acids is 3. The molecule has 6 rings (SSSR count). The summed E-state index contributed by atoms with van der Waals surface area (Å²) in [7, 11) is 0. The van der Waals surface area contributed by atoms with Crippen LogP contribution >= 0.6 is 23.1 Å². The van der Waals surface area contributed by atoms with E-state index in [0.29, 0.717) is 21.9 Å². The molecule has 0 fully saturated rings. The van der Waals surface area contributed by atoms with Crippen LogP contribution in [-0.2, 0) is 9.59 Å². The van der Waals surface area contributed by atoms with Gasteiger partial charge in [-0.05, 0) is 70.9 Å². The van der Waals surface area contributed by atoms with Crippen molar-refractivity contribution in [1.82, 2.24) is 15.3 Å². The molecule has 0 saturated heterocycles. The van der Waals surface area contributed by atoms with E-state index in [0.717, 1.165) is 26.9 Å². The van der Waals surface area contributed by atoms with E-state index in [1.807, 2.05) is 41.8 Å². The van der Waals surface area contributed by atoms with E-state index in [9.17, 15) is 14.4 Å². The summed E-state index contributed by atoms with van der Waals surface area (Å²) in [5, 5.41) is 13.2. The molecule has 226 valence electrons. The van der Waals surface area contributed by atoms with Crippen LogP contribution in [0.1, 0.15) is 15.9 Å². The summed E-state index contributed by atoms with van der Waals surface area (Å²) >= 11 is 2.76. The fourth-order valence-corrected chi connectivity index (χ4v) is 5.95. The van der Waals surface area contributed by atoms with E-state index in [-0.39, 0.29) is 17.4 Å². The molecule has 46 heavy (non-hydrogen) atoms. The molecule has 0 saturated carbocycles. The SMILES string of the molecule is O=C(CSc1ccc(NC(=O)/C(=C/c2cccnc2)NC(=O)c2ccccc2)cc1)Nc1nc(-c2ccc3ccccc3c2)cs1. The number of benzene rings is 4. The minimum absolute atomic E-state index is 0.0722. The topological polar surface area (TPSA) is 113 Å². The number of thiazole rings is 1. The molecule has 0 radical (unpaired) electrons. The Labute approximate surface area is 273 Å². The maximum atomic E-state index is 13.2. The molecule has 4 aromatic carbocycles. The van der Waals surface area contributed by atoms with E-state index < -0.39 is 11.8 Å². The van der Waals surface area contributed by atoms with Crippen LogP contribution in [0.2, 0.25) is 0 Å². The van der Waals surface area contributed by atoms with Crippen molar-refractivity contribution in [2.24, 2.45) is 0 Å². The molecule has 0 aliphatic rings. The molecule has 6 aromatic rings. The number of nitrogens with one attached hydrogen (secondary N) is 3. The van der Waals surface area contributed by atoms with E-state index in [2.05, 4.69) is 50.2 Å². The molecule has 0 bridgehead atoms. The first-order valence-electron chi connectivity index (χ1n) is 14.3. The highest BCUT2D eigenvalue weighted by molar-refractivity contribution is 8.00. The summed E-state index contributed by atoms with van der Waals surface area (Å²) in [4.78, 5) is 48.2. The zero-order chi connectivity index (χ0) is 31.7. The number of hydrogen-bond acceptors (Lipinski definition) is 7. The monoisotopic (exact) mass is 641 g/mol. The number of hydrogen-bond donors (Lipinski definition) is 3. The predicted molar refractivity (Wildman–Crippen MR) is 186 cm³/mol. The van der Waals surface area contributed by atoms with Crippen LogP contribution in [0.4, 0.5) is 10.8 Å². The first kappa shape index (κ1) is 30.4. The molecular weight excluding hydrogens is 615 g/mol. The van der Waals surface area contributed by atoms with Gasteiger partial charge < -0.3 is 16.0 Å². The normalized spacial score (nSPS) is 11.2. The minimum atomic E-state index is -0.487. The van der Waals surface area contributed by atoms with Gasteiger partial charge in [-0.2, -0.15) is 0 Å². The quantitative estimate of drug-likeness (QED) is 0.106. The average Bonchev–Trinajstić information content (AvgIpc) is 3.56. The lowest BCUT2D eigenvalue weighted by molar-refractivity contribution is -0.114. The van der Waals surface area contributed by atoms with Crippen molar-refractivity contribution in [3.63, 3.8) is 0 Å². The first-order valence-corrected chi connectivity index (χ1v) is 16.1. The van der Waals surface area contributed by atoms with Crippen LogP contribution in [0.5, 0.6) is 0 Å². The van der Waals surface area contributed by atoms with Gasteiger partial charge in [0.05, 0.1) is 11.4 Å². The third-order valence-corrected chi connectivity index (χ3v) is 8.57. The summed E-state index contributed by atoms with van der Waals surface area (Å²) < 4.78 is 0. The van der Waals surface area contributed by atoms with Gasteiger partial charge in [0.2, 0.25) is 5.91 Å². The van der Waals surface area contributed by atoms with Gasteiger partial charge >= 0.3 is 0 Å². The van der Waals surface area contributed by atoms with E-state index in [1.54, 1.807) is 67.0 Å². The number of carbonyl (C=O) groups is 3. The van der Waals surface area contributed by atoms with Crippen LogP contribution in [0, 0.1) is 0 Å². The molecule has 2 heterocycles. The highest BCUT2D eigenvalue weighted by Crippen LogP contribution is 2.28. The Morgan fingerprint density at radius 2 is 1.59 bits per heavy atom. The third kappa shape index (κ3) is 7.92. The summed E-state index contributed by atoms with van der Waals surface area (Å²) in [5.41, 5.74) is 3.51. The highest BCUT2D eigenvalue weighted by atomic mass is 32.2. The Morgan fingerprint density at radius 3 is 2.37 bits per heavy atom. The Bertz CT molecular complexity index is 2030. The lowest BCUT2D eigenvalue weighted by Gasteiger charge is -2.12. The molecule has 0 unspecified atom stereocenters. The fraction of sp³-hybridized carbons (Fsp3) is 0.0278. The van der Waals surface area contributed by atoms with Crippen molar-refractivity contribution < 1.29 is 14.4 Å². The van der Waals surface area contributed by atoms with Gasteiger partial charge in [-0.3, -0.25) is 19.4 Å². The number of nitrogens with zero attached hydrogens (tertiary/aromatic N) is 2. The number of aromatic nitrogens is 2. The molecule has 3 N–H and O–H groups in total. The van der Waals surface area contributed by atoms with Crippen LogP contribution in [-0.4, -0.2) is 33.4 Å². The number of amides is 3. The number of rotatable bonds is 10. The zero-order valence-corrected chi connectivity index (χ0v) is 26.0. The van der Waals surface area contributed by atoms with E-state index >= 15 is 0 Å². The van der Waals surface area contributed by atoms with Crippen molar-refractivity contribution >= 4 is 68.5 Å². The van der Waals surface area contributed by atoms with Gasteiger partial charge in [-0.15, -0.1) is 23.1 Å². The smallest absolute Gasteiger partial charge is 0.272 e. The minimum Gasteiger partial charge on any atom is -0.321 e. The van der Waals surface area contributed by atoms with Gasteiger partial charge in [0.25, 0.3) is 11.8 Å². The second-order valence-corrected chi connectivity index (χ2v) is 12.0. The lowest BCUT2D eigenvalue weighted by atomic mass is 10.1. The van der Waals surface area contributed by atoms with Crippen LogP contribution in [0.15, 0.2) is 138 Å². The van der Waals surface area contributed by atoms with Crippen molar-refractivity contribution in [2.45, 2.75) is 4.90 Å². The molecule has 0 spiro atoms. The lowest BCUT2D eigenvalue weighted by Crippen LogP contribution is -2.30. The summed E-state index contributed by atoms with van der Waals surface area (Å²) in [6.45, 7) is 0. The fourth-order valence-electron chi connectivity index (χ4n) is 4.52. The van der Waals surface area contributed by atoms with Crippen LogP contribution < -0.4 is 16.0 Å². The molecule has 3 amide bonds. The molecular formula is C36H27N5O3S2. The second kappa shape index (κ2) is 14.5. The second-order valence-electron chi connectivity index (χ2n) is 10.1. The van der Waals surface area contributed by atoms with E-state index in [4.69, 9.17) is 0 Å². The van der Waals surface area contributed by atoms with Crippen molar-refractivity contribution in [2.75, 3.05) is 16.4 Å².